The number of halogens is 14. The van der Waals surface area contributed by atoms with E-state index in [1.165, 1.54) is 62.8 Å². The highest BCUT2D eigenvalue weighted by atomic mass is 32.2. The number of carboxylic acids is 2. The van der Waals surface area contributed by atoms with Gasteiger partial charge in [0.1, 0.15) is 11.9 Å². The van der Waals surface area contributed by atoms with E-state index in [0.29, 0.717) is 0 Å². The lowest BCUT2D eigenvalue weighted by atomic mass is 9.87. The largest absolute Gasteiger partial charge is 0.544 e. The van der Waals surface area contributed by atoms with Crippen molar-refractivity contribution in [2.45, 2.75) is 223 Å². The number of hydrogen-bond acceptors (Lipinski definition) is 4. The molecule has 0 heterocycles. The molecular weight excluding hydrogens is 1210 g/mol. The number of carboxylic acid groups (broad SMARTS) is 2. The van der Waals surface area contributed by atoms with Crippen LogP contribution in [-0.4, -0.2) is 48.0 Å². The number of benzene rings is 6. The van der Waals surface area contributed by atoms with Crippen molar-refractivity contribution in [2.24, 2.45) is 0 Å². The van der Waals surface area contributed by atoms with Crippen LogP contribution in [0.4, 0.5) is 61.5 Å². The predicted octanol–water partition coefficient (Wildman–Crippen LogP) is 18.5. The molecule has 0 saturated carbocycles. The molecule has 6 aromatic rings. The first-order valence-electron chi connectivity index (χ1n) is 27.6. The van der Waals surface area contributed by atoms with Crippen molar-refractivity contribution in [3.8, 4) is 0 Å². The highest BCUT2D eigenvalue weighted by molar-refractivity contribution is 7.97. The van der Waals surface area contributed by atoms with E-state index >= 15 is 0 Å². The highest BCUT2D eigenvalue weighted by Gasteiger charge is 2.74. The molecule has 0 aliphatic carbocycles. The molecule has 0 aromatic heterocycles. The van der Waals surface area contributed by atoms with Gasteiger partial charge in [-0.1, -0.05) is 197 Å². The fourth-order valence-corrected chi connectivity index (χ4v) is 12.1. The van der Waals surface area contributed by atoms with Gasteiger partial charge < -0.3 is 19.8 Å². The van der Waals surface area contributed by atoms with E-state index in [0.717, 1.165) is 0 Å². The molecule has 0 radical (unpaired) electrons. The van der Waals surface area contributed by atoms with Crippen molar-refractivity contribution >= 4 is 33.7 Å². The summed E-state index contributed by atoms with van der Waals surface area (Å²) in [6, 6.07) is 55.7. The van der Waals surface area contributed by atoms with E-state index in [-0.39, 0.29) is 54.3 Å². The Morgan fingerprint density at radius 3 is 0.432 bits per heavy atom. The second-order valence-electron chi connectivity index (χ2n) is 27.1. The van der Waals surface area contributed by atoms with Gasteiger partial charge in [0.15, 0.2) is 29.4 Å². The molecule has 0 unspecified atom stereocenters. The molecule has 0 saturated heterocycles. The van der Waals surface area contributed by atoms with Crippen LogP contribution in [0.1, 0.15) is 158 Å². The zero-order chi connectivity index (χ0) is 68.2. The number of carbonyl (C=O) groups is 2. The van der Waals surface area contributed by atoms with Gasteiger partial charge in [0.25, 0.3) is 0 Å². The average molecular weight is 1290 g/mol. The summed E-state index contributed by atoms with van der Waals surface area (Å²) >= 11 is 0. The standard InChI is InChI=1S/2C30H39S.2C4HF7O2/c2*1-28(2,3)22-10-16-25(17-11-22)31(26-18-12-23(13-19-26)29(4,5)6)27-20-14-24(15-21-27)30(7,8)9;2*5-2(6,1(12)13)3(7,8)4(9,10)11/h2*10-21H,1-9H3;2*(H,12,13)/q2*+1;;/p-2. The fourth-order valence-electron chi connectivity index (χ4n) is 7.97. The summed E-state index contributed by atoms with van der Waals surface area (Å²) in [5, 5.41) is 18.5. The van der Waals surface area contributed by atoms with Crippen LogP contribution in [0.5, 0.6) is 0 Å². The lowest BCUT2D eigenvalue weighted by Gasteiger charge is -2.28. The number of hydrogen-bond donors (Lipinski definition) is 0. The third kappa shape index (κ3) is 19.0. The molecule has 0 N–H and O–H groups in total. The Labute approximate surface area is 514 Å². The van der Waals surface area contributed by atoms with Crippen molar-refractivity contribution < 1.29 is 81.3 Å². The van der Waals surface area contributed by atoms with E-state index < -0.39 is 48.0 Å². The van der Waals surface area contributed by atoms with Gasteiger partial charge in [-0.05, 0) is 139 Å². The van der Waals surface area contributed by atoms with Crippen LogP contribution in [0, 0.1) is 0 Å². The minimum atomic E-state index is -6.64. The van der Waals surface area contributed by atoms with Crippen molar-refractivity contribution in [3.05, 3.63) is 179 Å². The molecular formula is C68H78F14O4S2. The molecule has 0 bridgehead atoms. The van der Waals surface area contributed by atoms with E-state index in [2.05, 4.69) is 270 Å². The van der Waals surface area contributed by atoms with E-state index in [1.54, 1.807) is 0 Å². The third-order valence-corrected chi connectivity index (χ3v) is 18.2. The fraction of sp³-hybridized carbons (Fsp3) is 0.441. The smallest absolute Gasteiger partial charge is 0.460 e. The van der Waals surface area contributed by atoms with E-state index in [1.807, 2.05) is 0 Å². The zero-order valence-electron chi connectivity index (χ0n) is 52.6. The molecule has 6 aromatic carbocycles. The Morgan fingerprint density at radius 1 is 0.250 bits per heavy atom. The number of aliphatic carboxylic acids is 2. The average Bonchev–Trinajstić information content (AvgIpc) is 1.60. The summed E-state index contributed by atoms with van der Waals surface area (Å²) < 4.78 is 160. The van der Waals surface area contributed by atoms with Gasteiger partial charge in [-0.25, -0.2) is 0 Å². The van der Waals surface area contributed by atoms with Crippen LogP contribution >= 0.6 is 0 Å². The molecule has 20 heteroatoms. The van der Waals surface area contributed by atoms with Gasteiger partial charge >= 0.3 is 36.0 Å². The minimum absolute atomic E-state index is 0.120. The molecule has 4 nitrogen and oxygen atoms in total. The van der Waals surface area contributed by atoms with Gasteiger partial charge in [-0.2, -0.15) is 61.5 Å². The van der Waals surface area contributed by atoms with Crippen molar-refractivity contribution in [2.75, 3.05) is 0 Å². The zero-order valence-corrected chi connectivity index (χ0v) is 54.2. The van der Waals surface area contributed by atoms with Crippen LogP contribution in [0.3, 0.4) is 0 Å². The van der Waals surface area contributed by atoms with Gasteiger partial charge in [-0.15, -0.1) is 0 Å². The quantitative estimate of drug-likeness (QED) is 0.101. The summed E-state index contributed by atoms with van der Waals surface area (Å²) in [4.78, 5) is 26.8. The van der Waals surface area contributed by atoms with Gasteiger partial charge in [0, 0.05) is 0 Å². The highest BCUT2D eigenvalue weighted by Crippen LogP contribution is 2.48. The van der Waals surface area contributed by atoms with Crippen molar-refractivity contribution in [1.29, 1.82) is 0 Å². The summed E-state index contributed by atoms with van der Waals surface area (Å²) in [7, 11) is -0.240. The molecule has 0 fully saturated rings. The Bertz CT molecular complexity index is 2730. The Balaban J connectivity index is 0.000000333. The first kappa shape index (κ1) is 76.2. The molecule has 6 rings (SSSR count). The molecule has 484 valence electrons. The second-order valence-corrected chi connectivity index (χ2v) is 31.2. The Hall–Kier alpha value is -6.02. The molecule has 0 atom stereocenters. The van der Waals surface area contributed by atoms with Crippen LogP contribution in [0.25, 0.3) is 0 Å². The lowest BCUT2D eigenvalue weighted by Crippen LogP contribution is -2.60. The Morgan fingerprint density at radius 2 is 0.364 bits per heavy atom. The first-order valence-corrected chi connectivity index (χ1v) is 30.1. The number of alkyl halides is 14. The van der Waals surface area contributed by atoms with Crippen molar-refractivity contribution in [1.82, 2.24) is 0 Å². The summed E-state index contributed by atoms with van der Waals surface area (Å²) in [5.41, 5.74) is 9.28. The maximum Gasteiger partial charge on any atom is 0.460 e. The van der Waals surface area contributed by atoms with Crippen LogP contribution < -0.4 is 10.2 Å². The summed E-state index contributed by atoms with van der Waals surface area (Å²) in [6.07, 6.45) is -13.3. The van der Waals surface area contributed by atoms with Crippen LogP contribution in [-0.2, 0) is 63.9 Å². The normalized spacial score (nSPS) is 13.4. The van der Waals surface area contributed by atoms with E-state index in [4.69, 9.17) is 0 Å². The monoisotopic (exact) mass is 1290 g/mol. The van der Waals surface area contributed by atoms with Gasteiger partial charge in [-0.3, -0.25) is 0 Å². The van der Waals surface area contributed by atoms with Crippen molar-refractivity contribution in [3.63, 3.8) is 0 Å². The maximum absolute atomic E-state index is 11.7. The second kappa shape index (κ2) is 27.2. The number of carbonyl (C=O) groups excluding carboxylic acids is 2. The molecule has 88 heavy (non-hydrogen) atoms. The summed E-state index contributed by atoms with van der Waals surface area (Å²) in [5.74, 6) is -33.4. The van der Waals surface area contributed by atoms with Gasteiger partial charge in [0.2, 0.25) is 0 Å². The van der Waals surface area contributed by atoms with Crippen LogP contribution in [0.15, 0.2) is 175 Å². The minimum Gasteiger partial charge on any atom is -0.544 e. The molecule has 0 aliphatic heterocycles. The van der Waals surface area contributed by atoms with E-state index in [9.17, 15) is 81.3 Å². The molecule has 0 amide bonds. The lowest BCUT2D eigenvalue weighted by molar-refractivity contribution is -0.388. The topological polar surface area (TPSA) is 80.3 Å². The van der Waals surface area contributed by atoms with Crippen LogP contribution in [0.2, 0.25) is 0 Å². The first-order chi connectivity index (χ1) is 39.4. The third-order valence-electron chi connectivity index (χ3n) is 13.7. The molecule has 0 spiro atoms. The maximum atomic E-state index is 11.7. The SMILES string of the molecule is CC(C)(C)c1ccc([S+](c2ccc(C(C)(C)C)cc2)c2ccc(C(C)(C)C)cc2)cc1.CC(C)(C)c1ccc([S+](c2ccc(C(C)(C)C)cc2)c2ccc(C(C)(C)C)cc2)cc1.O=C([O-])C(F)(F)C(F)(F)C(F)(F)F.O=C([O-])C(F)(F)C(F)(F)C(F)(F)F. The predicted molar refractivity (Wildman–Crippen MR) is 317 cm³/mol. The summed E-state index contributed by atoms with van der Waals surface area (Å²) in [6.45, 7) is 41.0. The number of rotatable bonds is 10. The van der Waals surface area contributed by atoms with Gasteiger partial charge in [0.05, 0.1) is 21.8 Å². The molecule has 0 aliphatic rings. The Kier molecular flexibility index (Phi) is 23.6.